The number of hydrogen-bond acceptors (Lipinski definition) is 4. The topological polar surface area (TPSA) is 89.8 Å². The Balaban J connectivity index is 0. The third-order valence-corrected chi connectivity index (χ3v) is 3.83. The van der Waals surface area contributed by atoms with Gasteiger partial charge in [-0.3, -0.25) is 4.55 Å². The molecule has 0 atom stereocenters. The molecule has 0 aromatic carbocycles. The van der Waals surface area contributed by atoms with Crippen LogP contribution in [-0.4, -0.2) is 31.2 Å². The van der Waals surface area contributed by atoms with Crippen molar-refractivity contribution in [3.05, 3.63) is 0 Å². The normalized spacial score (nSPS) is 12.2. The van der Waals surface area contributed by atoms with Gasteiger partial charge in [-0.2, -0.15) is 8.42 Å². The summed E-state index contributed by atoms with van der Waals surface area (Å²) in [6, 6.07) is 0. The molecule has 7 heteroatoms. The van der Waals surface area contributed by atoms with Crippen LogP contribution in [0.25, 0.3) is 0 Å². The third-order valence-electron chi connectivity index (χ3n) is 3.13. The largest absolute Gasteiger partial charge is 1.00 e. The fourth-order valence-electron chi connectivity index (χ4n) is 1.95. The molecular weight excluding hydrogens is 301 g/mol. The Morgan fingerprint density at radius 3 is 1.95 bits per heavy atom. The molecule has 0 aliphatic heterocycles. The Labute approximate surface area is 151 Å². The maximum Gasteiger partial charge on any atom is 1.00 e. The first-order valence-electron chi connectivity index (χ1n) is 7.61. The number of hydrogen-bond donors (Lipinski definition) is 1. The molecule has 0 amide bonds. The van der Waals surface area contributed by atoms with Gasteiger partial charge < -0.3 is 10.1 Å². The number of unbranched alkanes of at least 4 members (excludes halogenated alkanes) is 8. The summed E-state index contributed by atoms with van der Waals surface area (Å²) in [5.41, 5.74) is 0. The van der Waals surface area contributed by atoms with Crippen molar-refractivity contribution in [3.63, 3.8) is 0 Å². The first kappa shape index (κ1) is 23.6. The van der Waals surface area contributed by atoms with E-state index in [9.17, 15) is 13.5 Å². The van der Waals surface area contributed by atoms with Crippen molar-refractivity contribution in [2.24, 2.45) is 4.99 Å². The maximum absolute atomic E-state index is 11.3. The second kappa shape index (κ2) is 15.3. The monoisotopic (exact) mass is 329 g/mol. The van der Waals surface area contributed by atoms with Gasteiger partial charge in [0, 0.05) is 0 Å². The van der Waals surface area contributed by atoms with E-state index >= 15 is 0 Å². The summed E-state index contributed by atoms with van der Waals surface area (Å²) in [6.45, 7) is 2.06. The van der Waals surface area contributed by atoms with E-state index in [-0.39, 0.29) is 42.0 Å². The predicted molar refractivity (Wildman–Crippen MR) is 80.6 cm³/mol. The summed E-state index contributed by atoms with van der Waals surface area (Å²) in [5.74, 6) is -0.743. The van der Waals surface area contributed by atoms with E-state index < -0.39 is 15.9 Å². The first-order valence-corrected chi connectivity index (χ1v) is 9.22. The van der Waals surface area contributed by atoms with Crippen molar-refractivity contribution in [1.82, 2.24) is 0 Å². The molecule has 0 bridgehead atoms. The van der Waals surface area contributed by atoms with E-state index in [1.807, 2.05) is 0 Å². The Morgan fingerprint density at radius 1 is 1.00 bits per heavy atom. The molecule has 0 heterocycles. The second-order valence-corrected chi connectivity index (χ2v) is 6.71. The summed E-state index contributed by atoms with van der Waals surface area (Å²) < 4.78 is 29.3. The van der Waals surface area contributed by atoms with Gasteiger partial charge in [0.2, 0.25) is 0 Å². The SMILES string of the molecule is CCCCCCCCCCCC([O-])=NCCS(=O)(=O)O.[Na+]. The van der Waals surface area contributed by atoms with Gasteiger partial charge in [-0.1, -0.05) is 58.3 Å². The van der Waals surface area contributed by atoms with Crippen molar-refractivity contribution in [1.29, 1.82) is 0 Å². The van der Waals surface area contributed by atoms with Crippen LogP contribution >= 0.6 is 0 Å². The number of rotatable bonds is 13. The van der Waals surface area contributed by atoms with Crippen LogP contribution in [0.15, 0.2) is 4.99 Å². The molecule has 0 fully saturated rings. The van der Waals surface area contributed by atoms with Gasteiger partial charge in [0.1, 0.15) is 0 Å². The average Bonchev–Trinajstić information content (AvgIpc) is 2.35. The summed E-state index contributed by atoms with van der Waals surface area (Å²) in [6.07, 6.45) is 11.1. The summed E-state index contributed by atoms with van der Waals surface area (Å²) in [7, 11) is -4.01. The summed E-state index contributed by atoms with van der Waals surface area (Å²) in [5, 5.41) is 11.3. The maximum atomic E-state index is 11.3. The molecule has 0 radical (unpaired) electrons. The smallest absolute Gasteiger partial charge is 0.862 e. The molecule has 120 valence electrons. The molecular formula is C14H28NNaO4S. The molecule has 0 spiro atoms. The molecule has 0 rings (SSSR count). The van der Waals surface area contributed by atoms with Gasteiger partial charge in [-0.25, -0.2) is 0 Å². The van der Waals surface area contributed by atoms with Crippen molar-refractivity contribution in [3.8, 4) is 0 Å². The molecule has 0 saturated heterocycles. The van der Waals surface area contributed by atoms with Gasteiger partial charge in [0.05, 0.1) is 12.3 Å². The van der Waals surface area contributed by atoms with E-state index in [0.29, 0.717) is 6.42 Å². The fraction of sp³-hybridized carbons (Fsp3) is 0.929. The van der Waals surface area contributed by atoms with E-state index in [2.05, 4.69) is 11.9 Å². The van der Waals surface area contributed by atoms with Gasteiger partial charge in [0.15, 0.2) is 0 Å². The van der Waals surface area contributed by atoms with E-state index in [1.54, 1.807) is 0 Å². The quantitative estimate of drug-likeness (QED) is 0.163. The van der Waals surface area contributed by atoms with Crippen molar-refractivity contribution in [2.75, 3.05) is 12.3 Å². The van der Waals surface area contributed by atoms with E-state index in [4.69, 9.17) is 4.55 Å². The van der Waals surface area contributed by atoms with Crippen LogP contribution in [0.1, 0.15) is 71.1 Å². The Morgan fingerprint density at radius 2 is 1.48 bits per heavy atom. The van der Waals surface area contributed by atoms with Crippen LogP contribution < -0.4 is 34.7 Å². The first-order chi connectivity index (χ1) is 9.45. The Bertz CT molecular complexity index is 358. The number of aliphatic imine (C=N–C) groups is 1. The Kier molecular flexibility index (Phi) is 17.2. The minimum absolute atomic E-state index is 0. The zero-order valence-corrected chi connectivity index (χ0v) is 16.3. The van der Waals surface area contributed by atoms with Crippen LogP contribution in [0.4, 0.5) is 0 Å². The molecule has 0 aromatic rings. The molecule has 0 unspecified atom stereocenters. The van der Waals surface area contributed by atoms with Gasteiger partial charge >= 0.3 is 29.6 Å². The fourth-order valence-corrected chi connectivity index (χ4v) is 2.27. The van der Waals surface area contributed by atoms with Crippen LogP contribution in [0.2, 0.25) is 0 Å². The van der Waals surface area contributed by atoms with Gasteiger partial charge in [-0.15, -0.1) is 0 Å². The van der Waals surface area contributed by atoms with Gasteiger partial charge in [-0.05, 0) is 18.7 Å². The Hall–Kier alpha value is 0.380. The zero-order chi connectivity index (χ0) is 15.3. The van der Waals surface area contributed by atoms with Crippen molar-refractivity contribution < 1.29 is 47.6 Å². The van der Waals surface area contributed by atoms with E-state index in [1.165, 1.54) is 38.5 Å². The van der Waals surface area contributed by atoms with Crippen molar-refractivity contribution in [2.45, 2.75) is 71.1 Å². The average molecular weight is 329 g/mol. The predicted octanol–water partition coefficient (Wildman–Crippen LogP) is -0.442. The van der Waals surface area contributed by atoms with Crippen LogP contribution in [0, 0.1) is 0 Å². The minimum atomic E-state index is -4.01. The van der Waals surface area contributed by atoms with Crippen molar-refractivity contribution >= 4 is 16.0 Å². The second-order valence-electron chi connectivity index (χ2n) is 5.14. The number of nitrogens with zero attached hydrogens (tertiary/aromatic N) is 1. The van der Waals surface area contributed by atoms with Crippen LogP contribution in [-0.2, 0) is 10.1 Å². The summed E-state index contributed by atoms with van der Waals surface area (Å²) in [4.78, 5) is 3.60. The van der Waals surface area contributed by atoms with Gasteiger partial charge in [0.25, 0.3) is 10.1 Å². The molecule has 0 aromatic heterocycles. The van der Waals surface area contributed by atoms with E-state index in [0.717, 1.165) is 19.3 Å². The molecule has 0 saturated carbocycles. The van der Waals surface area contributed by atoms with Crippen LogP contribution in [0.3, 0.4) is 0 Å². The molecule has 0 aliphatic carbocycles. The standard InChI is InChI=1S/C14H29NO4S.Na/c1-2-3-4-5-6-7-8-9-10-11-14(16)15-12-13-20(17,18)19;/h2-13H2,1H3,(H,15,16)(H,17,18,19);/q;+1/p-1. The zero-order valence-electron chi connectivity index (χ0n) is 13.5. The third kappa shape index (κ3) is 20.4. The van der Waals surface area contributed by atoms with Crippen LogP contribution in [0.5, 0.6) is 0 Å². The molecule has 5 nitrogen and oxygen atoms in total. The summed E-state index contributed by atoms with van der Waals surface area (Å²) >= 11 is 0. The molecule has 21 heavy (non-hydrogen) atoms. The minimum Gasteiger partial charge on any atom is -0.862 e. The molecule has 0 aliphatic rings. The molecule has 1 N–H and O–H groups in total.